The number of halogens is 2. The maximum atomic E-state index is 13.1. The summed E-state index contributed by atoms with van der Waals surface area (Å²) in [6.07, 6.45) is 2.67. The van der Waals surface area contributed by atoms with E-state index in [4.69, 9.17) is 4.74 Å². The van der Waals surface area contributed by atoms with Crippen LogP contribution >= 0.6 is 0 Å². The third-order valence-corrected chi connectivity index (χ3v) is 3.54. The van der Waals surface area contributed by atoms with Crippen molar-refractivity contribution in [1.82, 2.24) is 5.32 Å². The molecule has 0 saturated heterocycles. The third kappa shape index (κ3) is 3.45. The minimum Gasteiger partial charge on any atom is -0.490 e. The highest BCUT2D eigenvalue weighted by atomic mass is 19.1. The van der Waals surface area contributed by atoms with Gasteiger partial charge in [0.2, 0.25) is 0 Å². The lowest BCUT2D eigenvalue weighted by molar-refractivity contribution is 0.199. The molecule has 1 aromatic carbocycles. The maximum Gasteiger partial charge on any atom is 0.129 e. The van der Waals surface area contributed by atoms with Gasteiger partial charge >= 0.3 is 0 Å². The van der Waals surface area contributed by atoms with E-state index in [-0.39, 0.29) is 11.9 Å². The first-order valence-electron chi connectivity index (χ1n) is 6.86. The summed E-state index contributed by atoms with van der Waals surface area (Å²) in [5, 5.41) is 12.6. The van der Waals surface area contributed by atoms with E-state index in [1.54, 1.807) is 0 Å². The fraction of sp³-hybridized carbons (Fsp3) is 0.533. The summed E-state index contributed by atoms with van der Waals surface area (Å²) in [7, 11) is 0. The Morgan fingerprint density at radius 1 is 1.40 bits per heavy atom. The fourth-order valence-corrected chi connectivity index (χ4v) is 2.56. The molecule has 0 radical (unpaired) electrons. The molecule has 0 aromatic heterocycles. The van der Waals surface area contributed by atoms with E-state index in [1.165, 1.54) is 0 Å². The lowest BCUT2D eigenvalue weighted by Crippen LogP contribution is -2.42. The second kappa shape index (κ2) is 6.19. The summed E-state index contributed by atoms with van der Waals surface area (Å²) in [4.78, 5) is 0. The summed E-state index contributed by atoms with van der Waals surface area (Å²) in [6, 6.07) is 5.44. The summed E-state index contributed by atoms with van der Waals surface area (Å²) < 4.78 is 31.8. The Balaban J connectivity index is 2.00. The molecule has 2 atom stereocenters. The molecule has 0 amide bonds. The standard InChI is InChI=1S/C15H18F2N2O/c1-2-5-19-15(10-18)4-3-13(9-15)20-14-7-11(16)6-12(17)8-14/h6-8,13,19H,2-5,9H2,1H3. The zero-order chi connectivity index (χ0) is 14.6. The van der Waals surface area contributed by atoms with Crippen LogP contribution in [0.15, 0.2) is 18.2 Å². The first kappa shape index (κ1) is 14.7. The summed E-state index contributed by atoms with van der Waals surface area (Å²) in [5.41, 5.74) is -0.577. The Morgan fingerprint density at radius 3 is 2.70 bits per heavy atom. The van der Waals surface area contributed by atoms with Gasteiger partial charge in [-0.15, -0.1) is 0 Å². The number of rotatable bonds is 5. The highest BCUT2D eigenvalue weighted by Crippen LogP contribution is 2.32. The van der Waals surface area contributed by atoms with Crippen molar-refractivity contribution in [1.29, 1.82) is 5.26 Å². The van der Waals surface area contributed by atoms with Gasteiger partial charge in [0, 0.05) is 24.6 Å². The van der Waals surface area contributed by atoms with Gasteiger partial charge in [-0.1, -0.05) is 6.92 Å². The van der Waals surface area contributed by atoms with Crippen LogP contribution in [0.5, 0.6) is 5.75 Å². The van der Waals surface area contributed by atoms with Crippen molar-refractivity contribution in [3.63, 3.8) is 0 Å². The van der Waals surface area contributed by atoms with E-state index in [0.717, 1.165) is 31.2 Å². The van der Waals surface area contributed by atoms with Gasteiger partial charge in [-0.05, 0) is 25.8 Å². The Morgan fingerprint density at radius 2 is 2.10 bits per heavy atom. The molecule has 1 aliphatic rings. The van der Waals surface area contributed by atoms with Crippen LogP contribution in [0.2, 0.25) is 0 Å². The van der Waals surface area contributed by atoms with Crippen molar-refractivity contribution in [2.45, 2.75) is 44.2 Å². The lowest BCUT2D eigenvalue weighted by Gasteiger charge is -2.22. The summed E-state index contributed by atoms with van der Waals surface area (Å²) in [5.74, 6) is -1.14. The van der Waals surface area contributed by atoms with Crippen LogP contribution in [0.4, 0.5) is 8.78 Å². The van der Waals surface area contributed by atoms with E-state index in [1.807, 2.05) is 6.92 Å². The number of nitrogens with zero attached hydrogens (tertiary/aromatic N) is 1. The normalized spacial score (nSPS) is 25.4. The quantitative estimate of drug-likeness (QED) is 0.901. The number of nitrogens with one attached hydrogen (secondary N) is 1. The molecule has 1 aliphatic carbocycles. The van der Waals surface area contributed by atoms with E-state index in [2.05, 4.69) is 11.4 Å². The molecule has 1 saturated carbocycles. The van der Waals surface area contributed by atoms with Gasteiger partial charge in [-0.3, -0.25) is 5.32 Å². The molecule has 108 valence electrons. The average Bonchev–Trinajstić information content (AvgIpc) is 2.79. The highest BCUT2D eigenvalue weighted by Gasteiger charge is 2.40. The number of ether oxygens (including phenoxy) is 1. The largest absolute Gasteiger partial charge is 0.490 e. The molecule has 3 nitrogen and oxygen atoms in total. The molecule has 1 aromatic rings. The first-order chi connectivity index (χ1) is 9.57. The Labute approximate surface area is 117 Å². The van der Waals surface area contributed by atoms with Crippen LogP contribution in [0, 0.1) is 23.0 Å². The minimum absolute atomic E-state index is 0.178. The van der Waals surface area contributed by atoms with Crippen molar-refractivity contribution in [2.75, 3.05) is 6.54 Å². The zero-order valence-electron chi connectivity index (χ0n) is 11.5. The number of benzene rings is 1. The van der Waals surface area contributed by atoms with Crippen LogP contribution in [0.1, 0.15) is 32.6 Å². The SMILES string of the molecule is CCCNC1(C#N)CCC(Oc2cc(F)cc(F)c2)C1. The topological polar surface area (TPSA) is 45.0 Å². The van der Waals surface area contributed by atoms with Crippen LogP contribution in [-0.2, 0) is 0 Å². The molecule has 0 heterocycles. The molecule has 20 heavy (non-hydrogen) atoms. The Hall–Kier alpha value is -1.67. The average molecular weight is 280 g/mol. The van der Waals surface area contributed by atoms with E-state index in [9.17, 15) is 14.0 Å². The molecule has 0 aliphatic heterocycles. The molecular weight excluding hydrogens is 262 g/mol. The van der Waals surface area contributed by atoms with Crippen molar-refractivity contribution < 1.29 is 13.5 Å². The van der Waals surface area contributed by atoms with Crippen LogP contribution in [0.25, 0.3) is 0 Å². The lowest BCUT2D eigenvalue weighted by atomic mass is 9.99. The zero-order valence-corrected chi connectivity index (χ0v) is 11.5. The van der Waals surface area contributed by atoms with Gasteiger partial charge < -0.3 is 4.74 Å². The van der Waals surface area contributed by atoms with E-state index in [0.29, 0.717) is 19.3 Å². The molecule has 5 heteroatoms. The van der Waals surface area contributed by atoms with Crippen LogP contribution in [-0.4, -0.2) is 18.2 Å². The number of hydrogen-bond donors (Lipinski definition) is 1. The maximum absolute atomic E-state index is 13.1. The monoisotopic (exact) mass is 280 g/mol. The minimum atomic E-state index is -0.659. The van der Waals surface area contributed by atoms with Gasteiger partial charge in [-0.25, -0.2) is 8.78 Å². The number of nitriles is 1. The van der Waals surface area contributed by atoms with Crippen molar-refractivity contribution >= 4 is 0 Å². The third-order valence-electron chi connectivity index (χ3n) is 3.54. The summed E-state index contributed by atoms with van der Waals surface area (Å²) >= 11 is 0. The van der Waals surface area contributed by atoms with Crippen LogP contribution in [0.3, 0.4) is 0 Å². The van der Waals surface area contributed by atoms with Gasteiger partial charge in [0.25, 0.3) is 0 Å². The van der Waals surface area contributed by atoms with Crippen molar-refractivity contribution in [3.05, 3.63) is 29.8 Å². The predicted octanol–water partition coefficient (Wildman–Crippen LogP) is 3.16. The molecule has 2 rings (SSSR count). The molecule has 2 unspecified atom stereocenters. The summed E-state index contributed by atoms with van der Waals surface area (Å²) in [6.45, 7) is 2.81. The molecular formula is C15H18F2N2O. The van der Waals surface area contributed by atoms with Gasteiger partial charge in [0.1, 0.15) is 29.0 Å². The predicted molar refractivity (Wildman–Crippen MR) is 71.3 cm³/mol. The Bertz CT molecular complexity index is 495. The highest BCUT2D eigenvalue weighted by molar-refractivity contribution is 5.25. The smallest absolute Gasteiger partial charge is 0.129 e. The second-order valence-corrected chi connectivity index (χ2v) is 5.21. The van der Waals surface area contributed by atoms with E-state index < -0.39 is 17.2 Å². The van der Waals surface area contributed by atoms with Crippen molar-refractivity contribution in [2.24, 2.45) is 0 Å². The Kier molecular flexibility index (Phi) is 4.56. The molecule has 1 fully saturated rings. The van der Waals surface area contributed by atoms with Gasteiger partial charge in [-0.2, -0.15) is 5.26 Å². The molecule has 1 N–H and O–H groups in total. The van der Waals surface area contributed by atoms with Gasteiger partial charge in [0.15, 0.2) is 0 Å². The molecule has 0 spiro atoms. The first-order valence-corrected chi connectivity index (χ1v) is 6.86. The second-order valence-electron chi connectivity index (χ2n) is 5.21. The van der Waals surface area contributed by atoms with Crippen LogP contribution < -0.4 is 10.1 Å². The van der Waals surface area contributed by atoms with E-state index >= 15 is 0 Å². The van der Waals surface area contributed by atoms with Crippen molar-refractivity contribution in [3.8, 4) is 11.8 Å². The fourth-order valence-electron chi connectivity index (χ4n) is 2.56. The molecule has 0 bridgehead atoms. The van der Waals surface area contributed by atoms with Gasteiger partial charge in [0.05, 0.1) is 6.07 Å². The number of hydrogen-bond acceptors (Lipinski definition) is 3.